The van der Waals surface area contributed by atoms with Crippen LogP contribution >= 0.6 is 0 Å². The largest absolute Gasteiger partial charge is 0.481 e. The highest BCUT2D eigenvalue weighted by atomic mass is 16.6. The molecule has 8 heteroatoms. The van der Waals surface area contributed by atoms with E-state index in [-0.39, 0.29) is 26.1 Å². The summed E-state index contributed by atoms with van der Waals surface area (Å²) in [5.74, 6) is -1.81. The lowest BCUT2D eigenvalue weighted by Gasteiger charge is -2.36. The van der Waals surface area contributed by atoms with Crippen LogP contribution in [0.15, 0.2) is 30.3 Å². The maximum atomic E-state index is 12.4. The van der Waals surface area contributed by atoms with Gasteiger partial charge in [0.05, 0.1) is 12.0 Å². The second kappa shape index (κ2) is 8.75. The van der Waals surface area contributed by atoms with Gasteiger partial charge in [-0.2, -0.15) is 0 Å². The van der Waals surface area contributed by atoms with E-state index in [1.54, 1.807) is 20.8 Å². The Hall–Kier alpha value is -2.77. The minimum Gasteiger partial charge on any atom is -0.481 e. The number of piperidine rings is 1. The lowest BCUT2D eigenvalue weighted by atomic mass is 9.94. The number of hydrogen-bond donors (Lipinski definition) is 2. The predicted molar refractivity (Wildman–Crippen MR) is 97.1 cm³/mol. The molecule has 1 saturated heterocycles. The maximum Gasteiger partial charge on any atom is 0.410 e. The average Bonchev–Trinajstić information content (AvgIpc) is 2.58. The first kappa shape index (κ1) is 20.5. The number of ether oxygens (including phenoxy) is 2. The minimum atomic E-state index is -1.02. The summed E-state index contributed by atoms with van der Waals surface area (Å²) in [4.78, 5) is 37.1. The first-order valence-corrected chi connectivity index (χ1v) is 8.82. The lowest BCUT2D eigenvalue weighted by Crippen LogP contribution is -2.54. The SMILES string of the molecule is CC(C)(C)OC(=O)N[C@@H]1C[C@H](C(=O)O)CN(C(=O)OCc2ccccc2)C1. The molecule has 2 N–H and O–H groups in total. The Morgan fingerprint density at radius 2 is 1.85 bits per heavy atom. The van der Waals surface area contributed by atoms with E-state index < -0.39 is 35.7 Å². The number of alkyl carbamates (subject to hydrolysis) is 1. The van der Waals surface area contributed by atoms with Crippen molar-refractivity contribution < 1.29 is 29.0 Å². The Balaban J connectivity index is 1.97. The molecule has 148 valence electrons. The quantitative estimate of drug-likeness (QED) is 0.834. The number of rotatable bonds is 4. The fourth-order valence-electron chi connectivity index (χ4n) is 2.82. The molecule has 0 saturated carbocycles. The number of carbonyl (C=O) groups is 3. The summed E-state index contributed by atoms with van der Waals surface area (Å²) in [5, 5.41) is 12.0. The first-order valence-electron chi connectivity index (χ1n) is 8.82. The van der Waals surface area contributed by atoms with Gasteiger partial charge in [0.2, 0.25) is 0 Å². The summed E-state index contributed by atoms with van der Waals surface area (Å²) < 4.78 is 10.5. The van der Waals surface area contributed by atoms with Crippen molar-refractivity contribution in [3.63, 3.8) is 0 Å². The number of likely N-dealkylation sites (tertiary alicyclic amines) is 1. The number of carbonyl (C=O) groups excluding carboxylic acids is 2. The van der Waals surface area contributed by atoms with Crippen LogP contribution in [-0.2, 0) is 20.9 Å². The van der Waals surface area contributed by atoms with Crippen LogP contribution in [0.2, 0.25) is 0 Å². The van der Waals surface area contributed by atoms with Crippen LogP contribution in [0.1, 0.15) is 32.8 Å². The van der Waals surface area contributed by atoms with Gasteiger partial charge in [0.1, 0.15) is 12.2 Å². The number of amides is 2. The van der Waals surface area contributed by atoms with Crippen molar-refractivity contribution in [2.24, 2.45) is 5.92 Å². The molecule has 1 aliphatic heterocycles. The summed E-state index contributed by atoms with van der Waals surface area (Å²) >= 11 is 0. The van der Waals surface area contributed by atoms with Gasteiger partial charge in [-0.05, 0) is 32.8 Å². The summed E-state index contributed by atoms with van der Waals surface area (Å²) in [6, 6.07) is 8.67. The summed E-state index contributed by atoms with van der Waals surface area (Å²) in [7, 11) is 0. The van der Waals surface area contributed by atoms with E-state index in [1.165, 1.54) is 4.90 Å². The Bertz CT molecular complexity index is 671. The molecular weight excluding hydrogens is 352 g/mol. The number of carboxylic acid groups (broad SMARTS) is 1. The Labute approximate surface area is 158 Å². The molecule has 2 rings (SSSR count). The van der Waals surface area contributed by atoms with Gasteiger partial charge in [-0.15, -0.1) is 0 Å². The Morgan fingerprint density at radius 3 is 2.44 bits per heavy atom. The molecule has 1 aromatic carbocycles. The monoisotopic (exact) mass is 378 g/mol. The topological polar surface area (TPSA) is 105 Å². The highest BCUT2D eigenvalue weighted by Gasteiger charge is 2.35. The first-order chi connectivity index (χ1) is 12.6. The minimum absolute atomic E-state index is 0.0372. The van der Waals surface area contributed by atoms with E-state index in [1.807, 2.05) is 30.3 Å². The van der Waals surface area contributed by atoms with Crippen LogP contribution in [0.4, 0.5) is 9.59 Å². The van der Waals surface area contributed by atoms with Gasteiger partial charge in [-0.1, -0.05) is 30.3 Å². The number of aliphatic carboxylic acids is 1. The fraction of sp³-hybridized carbons (Fsp3) is 0.526. The van der Waals surface area contributed by atoms with Crippen LogP contribution in [0.5, 0.6) is 0 Å². The van der Waals surface area contributed by atoms with Crippen molar-refractivity contribution in [1.82, 2.24) is 10.2 Å². The van der Waals surface area contributed by atoms with Crippen molar-refractivity contribution in [1.29, 1.82) is 0 Å². The molecule has 0 aromatic heterocycles. The van der Waals surface area contributed by atoms with Gasteiger partial charge < -0.3 is 24.8 Å². The Morgan fingerprint density at radius 1 is 1.19 bits per heavy atom. The van der Waals surface area contributed by atoms with Gasteiger partial charge in [0.15, 0.2) is 0 Å². The van der Waals surface area contributed by atoms with Crippen molar-refractivity contribution in [2.45, 2.75) is 45.4 Å². The second-order valence-corrected chi connectivity index (χ2v) is 7.56. The van der Waals surface area contributed by atoms with Crippen molar-refractivity contribution in [3.8, 4) is 0 Å². The number of nitrogens with zero attached hydrogens (tertiary/aromatic N) is 1. The maximum absolute atomic E-state index is 12.4. The third-order valence-corrected chi connectivity index (χ3v) is 3.98. The second-order valence-electron chi connectivity index (χ2n) is 7.56. The van der Waals surface area contributed by atoms with Gasteiger partial charge >= 0.3 is 18.2 Å². The normalized spacial score (nSPS) is 19.9. The molecule has 1 fully saturated rings. The summed E-state index contributed by atoms with van der Waals surface area (Å²) in [6.45, 7) is 5.51. The van der Waals surface area contributed by atoms with Gasteiger partial charge in [-0.25, -0.2) is 9.59 Å². The molecule has 1 aliphatic rings. The molecule has 0 bridgehead atoms. The zero-order valence-electron chi connectivity index (χ0n) is 15.8. The fourth-order valence-corrected chi connectivity index (χ4v) is 2.82. The van der Waals surface area contributed by atoms with Gasteiger partial charge in [0, 0.05) is 13.1 Å². The van der Waals surface area contributed by atoms with Gasteiger partial charge in [-0.3, -0.25) is 4.79 Å². The van der Waals surface area contributed by atoms with Crippen molar-refractivity contribution in [3.05, 3.63) is 35.9 Å². The molecule has 1 heterocycles. The number of nitrogens with one attached hydrogen (secondary N) is 1. The van der Waals surface area contributed by atoms with E-state index >= 15 is 0 Å². The van der Waals surface area contributed by atoms with E-state index in [4.69, 9.17) is 9.47 Å². The molecular formula is C19H26N2O6. The molecule has 2 atom stereocenters. The highest BCUT2D eigenvalue weighted by molar-refractivity contribution is 5.74. The lowest BCUT2D eigenvalue weighted by molar-refractivity contribution is -0.143. The summed E-state index contributed by atoms with van der Waals surface area (Å²) in [6.07, 6.45) is -1.03. The van der Waals surface area contributed by atoms with Crippen LogP contribution in [0.3, 0.4) is 0 Å². The van der Waals surface area contributed by atoms with Crippen LogP contribution in [-0.4, -0.2) is 52.9 Å². The average molecular weight is 378 g/mol. The molecule has 8 nitrogen and oxygen atoms in total. The third-order valence-electron chi connectivity index (χ3n) is 3.98. The molecule has 0 unspecified atom stereocenters. The number of carboxylic acids is 1. The zero-order valence-corrected chi connectivity index (χ0v) is 15.8. The molecule has 0 radical (unpaired) electrons. The smallest absolute Gasteiger partial charge is 0.410 e. The predicted octanol–water partition coefficient (Wildman–Crippen LogP) is 2.62. The van der Waals surface area contributed by atoms with Crippen LogP contribution in [0, 0.1) is 5.92 Å². The molecule has 0 aliphatic carbocycles. The highest BCUT2D eigenvalue weighted by Crippen LogP contribution is 2.19. The van der Waals surface area contributed by atoms with E-state index in [0.717, 1.165) is 5.56 Å². The molecule has 0 spiro atoms. The standard InChI is InChI=1S/C19H26N2O6/c1-19(2,3)27-17(24)20-15-9-14(16(22)23)10-21(11-15)18(25)26-12-13-7-5-4-6-8-13/h4-8,14-15H,9-12H2,1-3H3,(H,20,24)(H,22,23)/t14-,15+/m0/s1. The van der Waals surface area contributed by atoms with Crippen LogP contribution < -0.4 is 5.32 Å². The molecule has 2 amide bonds. The van der Waals surface area contributed by atoms with Crippen LogP contribution in [0.25, 0.3) is 0 Å². The van der Waals surface area contributed by atoms with E-state index in [2.05, 4.69) is 5.32 Å². The Kier molecular flexibility index (Phi) is 6.65. The molecule has 1 aromatic rings. The van der Waals surface area contributed by atoms with Gasteiger partial charge in [0.25, 0.3) is 0 Å². The van der Waals surface area contributed by atoms with E-state index in [9.17, 15) is 19.5 Å². The van der Waals surface area contributed by atoms with E-state index in [0.29, 0.717) is 0 Å². The van der Waals surface area contributed by atoms with Crippen molar-refractivity contribution in [2.75, 3.05) is 13.1 Å². The number of hydrogen-bond acceptors (Lipinski definition) is 5. The molecule has 27 heavy (non-hydrogen) atoms. The summed E-state index contributed by atoms with van der Waals surface area (Å²) in [5.41, 5.74) is 0.167. The zero-order chi connectivity index (χ0) is 20.0. The van der Waals surface area contributed by atoms with Crippen molar-refractivity contribution >= 4 is 18.2 Å². The number of benzene rings is 1. The third kappa shape index (κ3) is 6.80.